The van der Waals surface area contributed by atoms with E-state index in [1.165, 1.54) is 0 Å². The number of nitrogens with two attached hydrogens (primary N) is 2. The van der Waals surface area contributed by atoms with Crippen molar-refractivity contribution < 1.29 is 0 Å². The topological polar surface area (TPSA) is 81.9 Å². The van der Waals surface area contributed by atoms with Crippen LogP contribution in [0.2, 0.25) is 5.02 Å². The van der Waals surface area contributed by atoms with Crippen molar-refractivity contribution in [3.05, 3.63) is 46.7 Å². The van der Waals surface area contributed by atoms with Gasteiger partial charge in [0.1, 0.15) is 0 Å². The van der Waals surface area contributed by atoms with E-state index in [0.717, 1.165) is 11.3 Å². The van der Waals surface area contributed by atoms with Crippen LogP contribution in [0.1, 0.15) is 17.3 Å². The molecule has 1 atom stereocenters. The first-order valence-electron chi connectivity index (χ1n) is 5.12. The van der Waals surface area contributed by atoms with Gasteiger partial charge in [0.05, 0.1) is 11.7 Å². The Labute approximate surface area is 104 Å². The summed E-state index contributed by atoms with van der Waals surface area (Å²) in [5.74, 6) is 5.57. The number of benzene rings is 1. The number of nitrogens with one attached hydrogen (secondary N) is 1. The van der Waals surface area contributed by atoms with E-state index in [1.54, 1.807) is 16.8 Å². The van der Waals surface area contributed by atoms with E-state index in [9.17, 15) is 0 Å². The second kappa shape index (κ2) is 4.75. The van der Waals surface area contributed by atoms with E-state index in [4.69, 9.17) is 23.2 Å². The zero-order valence-corrected chi connectivity index (χ0v) is 10.1. The van der Waals surface area contributed by atoms with Crippen molar-refractivity contribution in [3.63, 3.8) is 0 Å². The van der Waals surface area contributed by atoms with Crippen LogP contribution >= 0.6 is 11.6 Å². The summed E-state index contributed by atoms with van der Waals surface area (Å²) in [6, 6.07) is 6.97. The van der Waals surface area contributed by atoms with Crippen LogP contribution < -0.4 is 17.0 Å². The highest BCUT2D eigenvalue weighted by molar-refractivity contribution is 6.30. The van der Waals surface area contributed by atoms with Crippen LogP contribution in [0.15, 0.2) is 30.5 Å². The second-order valence-corrected chi connectivity index (χ2v) is 4.22. The molecule has 90 valence electrons. The zero-order valence-electron chi connectivity index (χ0n) is 9.39. The van der Waals surface area contributed by atoms with Crippen molar-refractivity contribution in [2.45, 2.75) is 6.04 Å². The maximum Gasteiger partial charge on any atom is 0.0919 e. The molecule has 0 radical (unpaired) electrons. The van der Waals surface area contributed by atoms with Crippen molar-refractivity contribution in [1.82, 2.24) is 15.2 Å². The molecule has 0 saturated heterocycles. The van der Waals surface area contributed by atoms with Crippen LogP contribution in [0.3, 0.4) is 0 Å². The molecule has 0 saturated carbocycles. The van der Waals surface area contributed by atoms with Gasteiger partial charge in [0.25, 0.3) is 0 Å². The van der Waals surface area contributed by atoms with Crippen molar-refractivity contribution in [1.29, 1.82) is 0 Å². The minimum absolute atomic E-state index is 0.242. The Kier molecular flexibility index (Phi) is 3.33. The third kappa shape index (κ3) is 2.41. The van der Waals surface area contributed by atoms with Crippen LogP contribution in [0, 0.1) is 0 Å². The number of halogens is 1. The predicted octanol–water partition coefficient (Wildman–Crippen LogP) is 1.21. The van der Waals surface area contributed by atoms with E-state index < -0.39 is 0 Å². The van der Waals surface area contributed by atoms with Crippen LogP contribution in [0.4, 0.5) is 5.69 Å². The maximum absolute atomic E-state index is 5.93. The van der Waals surface area contributed by atoms with Gasteiger partial charge in [-0.1, -0.05) is 17.7 Å². The summed E-state index contributed by atoms with van der Waals surface area (Å²) in [4.78, 5) is 0. The second-order valence-electron chi connectivity index (χ2n) is 3.79. The first-order valence-corrected chi connectivity index (χ1v) is 5.50. The summed E-state index contributed by atoms with van der Waals surface area (Å²) in [5.41, 5.74) is 10.9. The summed E-state index contributed by atoms with van der Waals surface area (Å²) in [6.45, 7) is 0. The molecule has 0 spiro atoms. The molecule has 2 aromatic rings. The number of aromatic nitrogens is 2. The fourth-order valence-corrected chi connectivity index (χ4v) is 1.91. The van der Waals surface area contributed by atoms with E-state index in [0.29, 0.717) is 10.7 Å². The fourth-order valence-electron chi connectivity index (χ4n) is 1.73. The average molecular weight is 252 g/mol. The predicted molar refractivity (Wildman–Crippen MR) is 68.2 cm³/mol. The Morgan fingerprint density at radius 2 is 2.18 bits per heavy atom. The molecule has 2 rings (SSSR count). The lowest BCUT2D eigenvalue weighted by Crippen LogP contribution is -2.29. The Balaban J connectivity index is 2.42. The molecule has 0 aliphatic carbocycles. The first-order chi connectivity index (χ1) is 8.11. The number of nitrogen functional groups attached to an aromatic ring is 1. The van der Waals surface area contributed by atoms with Crippen LogP contribution in [0.25, 0.3) is 0 Å². The van der Waals surface area contributed by atoms with Gasteiger partial charge in [-0.3, -0.25) is 10.5 Å². The zero-order chi connectivity index (χ0) is 12.4. The van der Waals surface area contributed by atoms with E-state index in [1.807, 2.05) is 25.4 Å². The third-order valence-corrected chi connectivity index (χ3v) is 2.79. The highest BCUT2D eigenvalue weighted by Crippen LogP contribution is 2.27. The Hall–Kier alpha value is -1.56. The normalized spacial score (nSPS) is 12.6. The van der Waals surface area contributed by atoms with Crippen LogP contribution in [-0.2, 0) is 7.05 Å². The van der Waals surface area contributed by atoms with Gasteiger partial charge in [-0.15, -0.1) is 0 Å². The number of hydrazine groups is 1. The van der Waals surface area contributed by atoms with Gasteiger partial charge in [0.15, 0.2) is 0 Å². The minimum Gasteiger partial charge on any atom is -0.398 e. The summed E-state index contributed by atoms with van der Waals surface area (Å²) >= 11 is 5.86. The largest absolute Gasteiger partial charge is 0.398 e. The Bertz CT molecular complexity index is 522. The van der Waals surface area contributed by atoms with E-state index in [-0.39, 0.29) is 6.04 Å². The molecule has 6 heteroatoms. The van der Waals surface area contributed by atoms with E-state index in [2.05, 4.69) is 10.5 Å². The molecule has 0 amide bonds. The van der Waals surface area contributed by atoms with Crippen molar-refractivity contribution in [2.75, 3.05) is 5.73 Å². The highest BCUT2D eigenvalue weighted by Gasteiger charge is 2.17. The highest BCUT2D eigenvalue weighted by atomic mass is 35.5. The van der Waals surface area contributed by atoms with Gasteiger partial charge in [0, 0.05) is 24.0 Å². The molecule has 1 unspecified atom stereocenters. The molecule has 1 aromatic heterocycles. The van der Waals surface area contributed by atoms with Gasteiger partial charge in [-0.25, -0.2) is 5.43 Å². The first kappa shape index (κ1) is 11.9. The summed E-state index contributed by atoms with van der Waals surface area (Å²) in [7, 11) is 1.85. The number of hydrogen-bond acceptors (Lipinski definition) is 4. The standard InChI is InChI=1S/C11H14ClN5/c1-17-5-4-10(16-17)11(15-14)8-3-2-7(12)6-9(8)13/h2-6,11,15H,13-14H2,1H3. The maximum atomic E-state index is 5.93. The lowest BCUT2D eigenvalue weighted by Gasteiger charge is -2.16. The summed E-state index contributed by atoms with van der Waals surface area (Å²) in [6.07, 6.45) is 1.85. The molecule has 0 bridgehead atoms. The lowest BCUT2D eigenvalue weighted by atomic mass is 10.0. The Morgan fingerprint density at radius 1 is 1.41 bits per heavy atom. The van der Waals surface area contributed by atoms with Gasteiger partial charge in [0.2, 0.25) is 0 Å². The summed E-state index contributed by atoms with van der Waals surface area (Å²) < 4.78 is 1.71. The minimum atomic E-state index is -0.242. The monoisotopic (exact) mass is 251 g/mol. The van der Waals surface area contributed by atoms with Crippen molar-refractivity contribution in [3.8, 4) is 0 Å². The molecule has 0 fully saturated rings. The third-order valence-electron chi connectivity index (χ3n) is 2.56. The molecule has 5 nitrogen and oxygen atoms in total. The molecule has 5 N–H and O–H groups in total. The van der Waals surface area contributed by atoms with Crippen LogP contribution in [0.5, 0.6) is 0 Å². The molecular weight excluding hydrogens is 238 g/mol. The molecular formula is C11H14ClN5. The SMILES string of the molecule is Cn1ccc(C(NN)c2ccc(Cl)cc2N)n1. The molecule has 17 heavy (non-hydrogen) atoms. The van der Waals surface area contributed by atoms with Gasteiger partial charge in [-0.2, -0.15) is 5.10 Å². The number of nitrogens with zero attached hydrogens (tertiary/aromatic N) is 2. The fraction of sp³-hybridized carbons (Fsp3) is 0.182. The van der Waals surface area contributed by atoms with Gasteiger partial charge < -0.3 is 5.73 Å². The Morgan fingerprint density at radius 3 is 2.71 bits per heavy atom. The van der Waals surface area contributed by atoms with Gasteiger partial charge >= 0.3 is 0 Å². The number of anilines is 1. The summed E-state index contributed by atoms with van der Waals surface area (Å²) in [5, 5.41) is 4.91. The quantitative estimate of drug-likeness (QED) is 0.435. The number of rotatable bonds is 3. The number of aryl methyl sites for hydroxylation is 1. The van der Waals surface area contributed by atoms with Crippen molar-refractivity contribution in [2.24, 2.45) is 12.9 Å². The molecule has 1 heterocycles. The van der Waals surface area contributed by atoms with Crippen LogP contribution in [-0.4, -0.2) is 9.78 Å². The molecule has 0 aliphatic heterocycles. The lowest BCUT2D eigenvalue weighted by molar-refractivity contribution is 0.605. The molecule has 1 aromatic carbocycles. The number of hydrogen-bond donors (Lipinski definition) is 3. The van der Waals surface area contributed by atoms with Gasteiger partial charge in [-0.05, 0) is 23.8 Å². The smallest absolute Gasteiger partial charge is 0.0919 e. The molecule has 0 aliphatic rings. The van der Waals surface area contributed by atoms with E-state index >= 15 is 0 Å². The van der Waals surface area contributed by atoms with Crippen molar-refractivity contribution >= 4 is 17.3 Å². The average Bonchev–Trinajstić information content (AvgIpc) is 2.69.